The predicted molar refractivity (Wildman–Crippen MR) is 174 cm³/mol. The smallest absolute Gasteiger partial charge is 0.306 e. The minimum Gasteiger partial charge on any atom is -0.497 e. The lowest BCUT2D eigenvalue weighted by atomic mass is 9.88. The molecule has 0 radical (unpaired) electrons. The molecule has 2 aromatic carbocycles. The molecule has 0 aromatic heterocycles. The molecular formula is C36H47F3N4O4. The molecule has 4 saturated heterocycles. The van der Waals surface area contributed by atoms with Gasteiger partial charge in [-0.1, -0.05) is 18.2 Å². The Bertz CT molecular complexity index is 1380. The maximum atomic E-state index is 14.5. The number of alkyl halides is 2. The summed E-state index contributed by atoms with van der Waals surface area (Å²) in [6.45, 7) is 3.62. The van der Waals surface area contributed by atoms with Crippen LogP contribution in [0.3, 0.4) is 0 Å². The van der Waals surface area contributed by atoms with Crippen LogP contribution in [0, 0.1) is 17.7 Å². The summed E-state index contributed by atoms with van der Waals surface area (Å²) in [5.41, 5.74) is 2.92. The zero-order valence-corrected chi connectivity index (χ0v) is 27.2. The minimum atomic E-state index is -0.778. The van der Waals surface area contributed by atoms with Crippen LogP contribution in [0.1, 0.15) is 55.1 Å². The molecule has 0 aliphatic carbocycles. The van der Waals surface area contributed by atoms with Gasteiger partial charge in [-0.05, 0) is 67.5 Å². The van der Waals surface area contributed by atoms with Crippen LogP contribution in [-0.2, 0) is 9.59 Å². The lowest BCUT2D eigenvalue weighted by Gasteiger charge is -2.39. The molecule has 3 atom stereocenters. The van der Waals surface area contributed by atoms with Gasteiger partial charge in [0.25, 0.3) is 0 Å². The number of methoxy groups -OCH3 is 1. The number of anilines is 1. The third-order valence-electron chi connectivity index (χ3n) is 11.2. The number of carboxylic acids is 1. The number of likely N-dealkylation sites (tertiary alicyclic amines) is 3. The van der Waals surface area contributed by atoms with E-state index in [1.54, 1.807) is 13.2 Å². The number of nitrogens with zero attached hydrogens (tertiary/aromatic N) is 4. The van der Waals surface area contributed by atoms with Crippen LogP contribution in [0.4, 0.5) is 18.9 Å². The molecule has 4 aliphatic heterocycles. The zero-order valence-electron chi connectivity index (χ0n) is 27.2. The van der Waals surface area contributed by atoms with Crippen LogP contribution in [0.2, 0.25) is 0 Å². The van der Waals surface area contributed by atoms with Crippen molar-refractivity contribution in [3.63, 3.8) is 0 Å². The highest BCUT2D eigenvalue weighted by atomic mass is 19.1. The highest BCUT2D eigenvalue weighted by molar-refractivity contribution is 5.81. The molecule has 8 nitrogen and oxygen atoms in total. The van der Waals surface area contributed by atoms with Crippen LogP contribution in [-0.4, -0.2) is 117 Å². The van der Waals surface area contributed by atoms with Gasteiger partial charge in [-0.3, -0.25) is 19.4 Å². The average Bonchev–Trinajstić information content (AvgIpc) is 3.78. The fourth-order valence-corrected chi connectivity index (χ4v) is 8.38. The van der Waals surface area contributed by atoms with Crippen molar-refractivity contribution in [1.82, 2.24) is 14.7 Å². The van der Waals surface area contributed by atoms with Crippen LogP contribution in [0.25, 0.3) is 0 Å². The highest BCUT2D eigenvalue weighted by Crippen LogP contribution is 2.41. The molecule has 6 rings (SSSR count). The summed E-state index contributed by atoms with van der Waals surface area (Å²) in [6.07, 6.45) is 3.46. The molecule has 0 unspecified atom stereocenters. The van der Waals surface area contributed by atoms with Crippen molar-refractivity contribution >= 4 is 17.6 Å². The van der Waals surface area contributed by atoms with Crippen molar-refractivity contribution < 1.29 is 32.6 Å². The molecule has 4 aliphatic rings. The Morgan fingerprint density at radius 1 is 0.894 bits per heavy atom. The molecule has 4 fully saturated rings. The van der Waals surface area contributed by atoms with E-state index in [2.05, 4.69) is 9.80 Å². The van der Waals surface area contributed by atoms with Gasteiger partial charge >= 0.3 is 5.97 Å². The van der Waals surface area contributed by atoms with E-state index >= 15 is 0 Å². The van der Waals surface area contributed by atoms with E-state index in [1.807, 2.05) is 40.1 Å². The number of carboxylic acid groups (broad SMARTS) is 1. The molecule has 0 bridgehead atoms. The summed E-state index contributed by atoms with van der Waals surface area (Å²) in [7, 11) is 1.63. The molecule has 1 N–H and O–H groups in total. The summed E-state index contributed by atoms with van der Waals surface area (Å²) in [6, 6.07) is 12.4. The quantitative estimate of drug-likeness (QED) is 0.389. The van der Waals surface area contributed by atoms with Crippen molar-refractivity contribution in [2.45, 2.75) is 56.0 Å². The summed E-state index contributed by atoms with van der Waals surface area (Å²) < 4.78 is 46.6. The minimum absolute atomic E-state index is 0.00632. The van der Waals surface area contributed by atoms with E-state index in [0.717, 1.165) is 48.4 Å². The molecule has 0 spiro atoms. The first-order valence-electron chi connectivity index (χ1n) is 17.1. The molecule has 2 aromatic rings. The SMILES string of the molecule is COc1ccc([C@@H]2CN(C3CCN(C(CF)CF)CC3)C[C@H]2C(=O)N2CC[C@@H](c3ccc(F)cc3N3CCC(C(=O)O)CC3)C2)cc1. The van der Waals surface area contributed by atoms with Gasteiger partial charge in [0.2, 0.25) is 5.91 Å². The van der Waals surface area contributed by atoms with Crippen LogP contribution < -0.4 is 9.64 Å². The lowest BCUT2D eigenvalue weighted by Crippen LogP contribution is -2.49. The number of benzene rings is 2. The molecule has 256 valence electrons. The van der Waals surface area contributed by atoms with Gasteiger partial charge in [-0.15, -0.1) is 0 Å². The largest absolute Gasteiger partial charge is 0.497 e. The maximum Gasteiger partial charge on any atom is 0.306 e. The number of aliphatic carboxylic acids is 1. The van der Waals surface area contributed by atoms with Gasteiger partial charge in [0, 0.05) is 75.9 Å². The first kappa shape index (κ1) is 33.6. The first-order chi connectivity index (χ1) is 22.8. The van der Waals surface area contributed by atoms with Crippen molar-refractivity contribution in [3.05, 3.63) is 59.4 Å². The predicted octanol–water partition coefficient (Wildman–Crippen LogP) is 4.94. The third kappa shape index (κ3) is 7.26. The second kappa shape index (κ2) is 14.8. The number of hydrogen-bond acceptors (Lipinski definition) is 6. The van der Waals surface area contributed by atoms with E-state index in [9.17, 15) is 27.9 Å². The van der Waals surface area contributed by atoms with Crippen molar-refractivity contribution in [3.8, 4) is 5.75 Å². The topological polar surface area (TPSA) is 76.6 Å². The van der Waals surface area contributed by atoms with Crippen LogP contribution in [0.15, 0.2) is 42.5 Å². The Hall–Kier alpha value is -3.31. The normalized spacial score (nSPS) is 25.2. The Morgan fingerprint density at radius 2 is 1.60 bits per heavy atom. The summed E-state index contributed by atoms with van der Waals surface area (Å²) in [5, 5.41) is 9.44. The number of halogens is 3. The second-order valence-corrected chi connectivity index (χ2v) is 13.7. The summed E-state index contributed by atoms with van der Waals surface area (Å²) in [5.74, 6) is -0.736. The van der Waals surface area contributed by atoms with Crippen LogP contribution in [0.5, 0.6) is 5.75 Å². The third-order valence-corrected chi connectivity index (χ3v) is 11.2. The van der Waals surface area contributed by atoms with Crippen molar-refractivity contribution in [2.24, 2.45) is 11.8 Å². The molecule has 4 heterocycles. The molecule has 11 heteroatoms. The van der Waals surface area contributed by atoms with Crippen molar-refractivity contribution in [1.29, 1.82) is 0 Å². The molecular weight excluding hydrogens is 609 g/mol. The fraction of sp³-hybridized carbons (Fsp3) is 0.611. The van der Waals surface area contributed by atoms with E-state index in [0.29, 0.717) is 58.7 Å². The highest BCUT2D eigenvalue weighted by Gasteiger charge is 2.44. The van der Waals surface area contributed by atoms with Gasteiger partial charge in [0.05, 0.1) is 25.0 Å². The van der Waals surface area contributed by atoms with Gasteiger partial charge in [-0.25, -0.2) is 13.2 Å². The summed E-state index contributed by atoms with van der Waals surface area (Å²) >= 11 is 0. The number of hydrogen-bond donors (Lipinski definition) is 1. The Kier molecular flexibility index (Phi) is 10.6. The van der Waals surface area contributed by atoms with Crippen molar-refractivity contribution in [2.75, 3.05) is 77.7 Å². The average molecular weight is 657 g/mol. The maximum absolute atomic E-state index is 14.5. The monoisotopic (exact) mass is 656 g/mol. The first-order valence-corrected chi connectivity index (χ1v) is 17.1. The lowest BCUT2D eigenvalue weighted by molar-refractivity contribution is -0.142. The number of ether oxygens (including phenoxy) is 1. The number of amides is 1. The standard InChI is InChI=1S/C36H47F3N4O4/c1-47-30-5-2-24(3-6-30)32-22-43(28-11-16-40(17-12-28)29(19-37)20-38)23-33(32)35(44)42-15-10-26(21-42)31-7-4-27(39)18-34(31)41-13-8-25(9-14-41)36(45)46/h2-7,18,25-26,28-29,32-33H,8-17,19-23H2,1H3,(H,45,46)/t26-,32+,33-/m1/s1. The Labute approximate surface area is 275 Å². The fourth-order valence-electron chi connectivity index (χ4n) is 8.38. The number of rotatable bonds is 10. The van der Waals surface area contributed by atoms with Gasteiger partial charge in [0.15, 0.2) is 0 Å². The van der Waals surface area contributed by atoms with E-state index in [1.165, 1.54) is 6.07 Å². The number of piperidine rings is 2. The summed E-state index contributed by atoms with van der Waals surface area (Å²) in [4.78, 5) is 34.3. The number of carbonyl (C=O) groups is 2. The Balaban J connectivity index is 1.17. The van der Waals surface area contributed by atoms with E-state index in [-0.39, 0.29) is 41.4 Å². The Morgan fingerprint density at radius 3 is 2.23 bits per heavy atom. The van der Waals surface area contributed by atoms with E-state index < -0.39 is 25.4 Å². The van der Waals surface area contributed by atoms with Gasteiger partial charge in [-0.2, -0.15) is 0 Å². The van der Waals surface area contributed by atoms with Crippen LogP contribution >= 0.6 is 0 Å². The molecule has 1 amide bonds. The van der Waals surface area contributed by atoms with E-state index in [4.69, 9.17) is 4.74 Å². The van der Waals surface area contributed by atoms with Gasteiger partial charge < -0.3 is 19.6 Å². The molecule has 47 heavy (non-hydrogen) atoms. The zero-order chi connectivity index (χ0) is 33.1. The molecule has 0 saturated carbocycles. The second-order valence-electron chi connectivity index (χ2n) is 13.7. The number of carbonyl (C=O) groups excluding carboxylic acids is 1. The van der Waals surface area contributed by atoms with Gasteiger partial charge in [0.1, 0.15) is 24.9 Å².